The van der Waals surface area contributed by atoms with Gasteiger partial charge in [-0.1, -0.05) is 31.9 Å². The van der Waals surface area contributed by atoms with Crippen molar-refractivity contribution in [2.24, 2.45) is 11.8 Å². The van der Waals surface area contributed by atoms with Gasteiger partial charge in [0, 0.05) is 0 Å². The maximum atomic E-state index is 2.42. The molecule has 1 unspecified atom stereocenters. The van der Waals surface area contributed by atoms with E-state index in [0.29, 0.717) is 0 Å². The average molecular weight is 166 g/mol. The Hall–Kier alpha value is -0.260. The van der Waals surface area contributed by atoms with Gasteiger partial charge < -0.3 is 0 Å². The molecule has 0 heterocycles. The van der Waals surface area contributed by atoms with E-state index in [2.05, 4.69) is 26.8 Å². The minimum atomic E-state index is 0.911. The summed E-state index contributed by atoms with van der Waals surface area (Å²) in [5, 5.41) is 0. The van der Waals surface area contributed by atoms with Gasteiger partial charge in [0.1, 0.15) is 0 Å². The molecule has 0 aromatic rings. The first-order valence-electron chi connectivity index (χ1n) is 5.44. The molecule has 0 amide bonds. The third-order valence-corrected chi connectivity index (χ3v) is 3.26. The van der Waals surface area contributed by atoms with Gasteiger partial charge in [-0.15, -0.1) is 0 Å². The Morgan fingerprint density at radius 2 is 2.25 bits per heavy atom. The van der Waals surface area contributed by atoms with Crippen LogP contribution in [-0.2, 0) is 0 Å². The van der Waals surface area contributed by atoms with E-state index in [1.165, 1.54) is 32.1 Å². The molecular formula is C12H22. The molecule has 1 aliphatic rings. The molecule has 12 heavy (non-hydrogen) atoms. The number of hydrogen-bond donors (Lipinski definition) is 0. The van der Waals surface area contributed by atoms with Crippen LogP contribution in [0.3, 0.4) is 0 Å². The minimum Gasteiger partial charge on any atom is -0.0882 e. The highest BCUT2D eigenvalue weighted by atomic mass is 14.3. The number of allylic oxidation sites excluding steroid dienone is 2. The third-order valence-electron chi connectivity index (χ3n) is 3.26. The molecular weight excluding hydrogens is 144 g/mol. The second-order valence-corrected chi connectivity index (χ2v) is 4.13. The Bertz CT molecular complexity index is 155. The van der Waals surface area contributed by atoms with E-state index in [4.69, 9.17) is 0 Å². The molecule has 1 saturated carbocycles. The first kappa shape index (κ1) is 9.83. The molecule has 1 fully saturated rings. The summed E-state index contributed by atoms with van der Waals surface area (Å²) in [5.74, 6) is 1.85. The first-order chi connectivity index (χ1) is 5.79. The van der Waals surface area contributed by atoms with Crippen molar-refractivity contribution in [3.63, 3.8) is 0 Å². The predicted octanol–water partition coefficient (Wildman–Crippen LogP) is 4.17. The Kier molecular flexibility index (Phi) is 3.84. The van der Waals surface area contributed by atoms with Crippen LogP contribution >= 0.6 is 0 Å². The molecule has 0 N–H and O–H groups in total. The van der Waals surface area contributed by atoms with E-state index in [1.807, 2.05) is 0 Å². The molecule has 1 rings (SSSR count). The van der Waals surface area contributed by atoms with Crippen LogP contribution in [-0.4, -0.2) is 0 Å². The summed E-state index contributed by atoms with van der Waals surface area (Å²) < 4.78 is 0. The van der Waals surface area contributed by atoms with Crippen molar-refractivity contribution in [2.75, 3.05) is 0 Å². The smallest absolute Gasteiger partial charge is 0.0178 e. The van der Waals surface area contributed by atoms with E-state index in [0.717, 1.165) is 11.8 Å². The molecule has 0 heteroatoms. The lowest BCUT2D eigenvalue weighted by molar-refractivity contribution is 0.309. The average Bonchev–Trinajstić information content (AvgIpc) is 2.09. The van der Waals surface area contributed by atoms with Crippen LogP contribution in [0.2, 0.25) is 0 Å². The second kappa shape index (κ2) is 4.69. The summed E-state index contributed by atoms with van der Waals surface area (Å²) in [6.07, 6.45) is 9.33. The van der Waals surface area contributed by atoms with Gasteiger partial charge >= 0.3 is 0 Å². The first-order valence-corrected chi connectivity index (χ1v) is 5.44. The summed E-state index contributed by atoms with van der Waals surface area (Å²) in [6, 6.07) is 0. The summed E-state index contributed by atoms with van der Waals surface area (Å²) in [5.41, 5.74) is 1.73. The van der Waals surface area contributed by atoms with Crippen molar-refractivity contribution in [1.82, 2.24) is 0 Å². The van der Waals surface area contributed by atoms with Crippen molar-refractivity contribution < 1.29 is 0 Å². The van der Waals surface area contributed by atoms with Crippen molar-refractivity contribution in [1.29, 1.82) is 0 Å². The molecule has 0 radical (unpaired) electrons. The van der Waals surface area contributed by atoms with E-state index in [-0.39, 0.29) is 0 Å². The topological polar surface area (TPSA) is 0 Å². The van der Waals surface area contributed by atoms with Crippen LogP contribution in [0.1, 0.15) is 52.9 Å². The Labute approximate surface area is 77.1 Å². The maximum Gasteiger partial charge on any atom is -0.0178 e. The van der Waals surface area contributed by atoms with Crippen LogP contribution in [0.25, 0.3) is 0 Å². The van der Waals surface area contributed by atoms with Crippen LogP contribution in [0.4, 0.5) is 0 Å². The van der Waals surface area contributed by atoms with Gasteiger partial charge in [-0.2, -0.15) is 0 Å². The van der Waals surface area contributed by atoms with E-state index < -0.39 is 0 Å². The Balaban J connectivity index is 2.60. The van der Waals surface area contributed by atoms with E-state index in [1.54, 1.807) is 5.57 Å². The summed E-state index contributed by atoms with van der Waals surface area (Å²) in [7, 11) is 0. The largest absolute Gasteiger partial charge is 0.0882 e. The summed E-state index contributed by atoms with van der Waals surface area (Å²) in [4.78, 5) is 0. The van der Waals surface area contributed by atoms with Crippen molar-refractivity contribution in [3.05, 3.63) is 11.6 Å². The van der Waals surface area contributed by atoms with Crippen molar-refractivity contribution in [3.8, 4) is 0 Å². The van der Waals surface area contributed by atoms with Crippen molar-refractivity contribution in [2.45, 2.75) is 52.9 Å². The van der Waals surface area contributed by atoms with Crippen LogP contribution < -0.4 is 0 Å². The van der Waals surface area contributed by atoms with Gasteiger partial charge in [-0.25, -0.2) is 0 Å². The van der Waals surface area contributed by atoms with E-state index in [9.17, 15) is 0 Å². The Morgan fingerprint density at radius 3 is 2.83 bits per heavy atom. The third kappa shape index (κ3) is 2.12. The lowest BCUT2D eigenvalue weighted by Gasteiger charge is -2.31. The quantitative estimate of drug-likeness (QED) is 0.540. The molecule has 0 bridgehead atoms. The lowest BCUT2D eigenvalue weighted by atomic mass is 9.74. The fourth-order valence-electron chi connectivity index (χ4n) is 2.52. The highest BCUT2D eigenvalue weighted by molar-refractivity contribution is 5.09. The standard InChI is InChI=1S/C12H22/c1-4-7-12-10(3)8-6-9-11(12)5-2/h5,10,12H,4,6-9H2,1-3H3/b11-5+/t10?,12-/m1/s1. The SMILES string of the molecule is C/C=C1\CCCC(C)[C@H]1CCC. The van der Waals surface area contributed by atoms with Crippen LogP contribution in [0.15, 0.2) is 11.6 Å². The molecule has 70 valence electrons. The molecule has 0 aromatic heterocycles. The van der Waals surface area contributed by atoms with Gasteiger partial charge in [0.15, 0.2) is 0 Å². The highest BCUT2D eigenvalue weighted by Crippen LogP contribution is 2.36. The predicted molar refractivity (Wildman–Crippen MR) is 55.2 cm³/mol. The molecule has 0 nitrogen and oxygen atoms in total. The van der Waals surface area contributed by atoms with Crippen molar-refractivity contribution >= 4 is 0 Å². The molecule has 1 aliphatic carbocycles. The molecule has 2 atom stereocenters. The van der Waals surface area contributed by atoms with Gasteiger partial charge in [0.05, 0.1) is 0 Å². The zero-order valence-corrected chi connectivity index (χ0v) is 8.77. The molecule has 0 aromatic carbocycles. The van der Waals surface area contributed by atoms with Gasteiger partial charge in [0.25, 0.3) is 0 Å². The van der Waals surface area contributed by atoms with Gasteiger partial charge in [-0.05, 0) is 44.4 Å². The maximum absolute atomic E-state index is 2.42. The fraction of sp³-hybridized carbons (Fsp3) is 0.833. The molecule has 0 aliphatic heterocycles. The van der Waals surface area contributed by atoms with Gasteiger partial charge in [-0.3, -0.25) is 0 Å². The second-order valence-electron chi connectivity index (χ2n) is 4.13. The fourth-order valence-corrected chi connectivity index (χ4v) is 2.52. The van der Waals surface area contributed by atoms with Crippen LogP contribution in [0, 0.1) is 11.8 Å². The summed E-state index contributed by atoms with van der Waals surface area (Å²) in [6.45, 7) is 6.92. The summed E-state index contributed by atoms with van der Waals surface area (Å²) >= 11 is 0. The van der Waals surface area contributed by atoms with Crippen LogP contribution in [0.5, 0.6) is 0 Å². The minimum absolute atomic E-state index is 0.911. The number of hydrogen-bond acceptors (Lipinski definition) is 0. The normalized spacial score (nSPS) is 34.1. The monoisotopic (exact) mass is 166 g/mol. The lowest BCUT2D eigenvalue weighted by Crippen LogP contribution is -2.19. The highest BCUT2D eigenvalue weighted by Gasteiger charge is 2.23. The number of rotatable bonds is 2. The molecule has 0 saturated heterocycles. The zero-order valence-electron chi connectivity index (χ0n) is 8.77. The molecule has 0 spiro atoms. The van der Waals surface area contributed by atoms with E-state index >= 15 is 0 Å². The van der Waals surface area contributed by atoms with Gasteiger partial charge in [0.2, 0.25) is 0 Å². The zero-order chi connectivity index (χ0) is 8.97. The Morgan fingerprint density at radius 1 is 1.50 bits per heavy atom.